The van der Waals surface area contributed by atoms with Gasteiger partial charge in [-0.2, -0.15) is 13.2 Å². The summed E-state index contributed by atoms with van der Waals surface area (Å²) < 4.78 is 61.3. The number of rotatable bonds is 4. The van der Waals surface area contributed by atoms with Crippen molar-refractivity contribution in [2.24, 2.45) is 5.92 Å². The second kappa shape index (κ2) is 6.88. The van der Waals surface area contributed by atoms with E-state index >= 15 is 0 Å². The van der Waals surface area contributed by atoms with Gasteiger partial charge >= 0.3 is 6.18 Å². The minimum Gasteiger partial charge on any atom is -0.277 e. The van der Waals surface area contributed by atoms with Gasteiger partial charge in [0.15, 0.2) is 0 Å². The molecular formula is C14H17F3N2O3S. The molecule has 0 atom stereocenters. The number of halogens is 3. The summed E-state index contributed by atoms with van der Waals surface area (Å²) in [6, 6.07) is 3.05. The minimum atomic E-state index is -4.54. The molecule has 0 heterocycles. The summed E-state index contributed by atoms with van der Waals surface area (Å²) in [5.74, 6) is -0.653. The smallest absolute Gasteiger partial charge is 0.277 e. The lowest BCUT2D eigenvalue weighted by molar-refractivity contribution is -0.137. The third-order valence-electron chi connectivity index (χ3n) is 3.78. The Bertz CT molecular complexity index is 651. The van der Waals surface area contributed by atoms with Gasteiger partial charge in [-0.1, -0.05) is 19.3 Å². The molecule has 0 aromatic heterocycles. The van der Waals surface area contributed by atoms with E-state index in [1.165, 1.54) is 0 Å². The second-order valence-corrected chi connectivity index (χ2v) is 7.13. The highest BCUT2D eigenvalue weighted by atomic mass is 32.2. The zero-order valence-electron chi connectivity index (χ0n) is 12.2. The van der Waals surface area contributed by atoms with E-state index in [-0.39, 0.29) is 10.8 Å². The van der Waals surface area contributed by atoms with Crippen LogP contribution in [0.3, 0.4) is 0 Å². The number of benzene rings is 1. The van der Waals surface area contributed by atoms with Crippen LogP contribution in [0.15, 0.2) is 29.2 Å². The first-order chi connectivity index (χ1) is 10.7. The summed E-state index contributed by atoms with van der Waals surface area (Å²) in [6.45, 7) is 0. The monoisotopic (exact) mass is 350 g/mol. The van der Waals surface area contributed by atoms with Crippen LogP contribution in [0.1, 0.15) is 37.7 Å². The third kappa shape index (κ3) is 4.68. The Morgan fingerprint density at radius 2 is 1.61 bits per heavy atom. The van der Waals surface area contributed by atoms with Crippen molar-refractivity contribution < 1.29 is 26.4 Å². The molecule has 0 saturated heterocycles. The third-order valence-corrected chi connectivity index (χ3v) is 5.04. The molecule has 1 aliphatic carbocycles. The Kier molecular flexibility index (Phi) is 5.30. The van der Waals surface area contributed by atoms with Crippen LogP contribution >= 0.6 is 0 Å². The van der Waals surface area contributed by atoms with Crippen LogP contribution in [0.2, 0.25) is 0 Å². The fourth-order valence-electron chi connectivity index (χ4n) is 2.47. The Balaban J connectivity index is 1.99. The molecule has 2 rings (SSSR count). The van der Waals surface area contributed by atoms with Crippen LogP contribution in [0.5, 0.6) is 0 Å². The van der Waals surface area contributed by atoms with Crippen molar-refractivity contribution in [3.63, 3.8) is 0 Å². The van der Waals surface area contributed by atoms with E-state index < -0.39 is 27.7 Å². The Hall–Kier alpha value is -1.61. The molecule has 1 aromatic carbocycles. The molecule has 128 valence electrons. The number of hydrogen-bond acceptors (Lipinski definition) is 3. The van der Waals surface area contributed by atoms with Gasteiger partial charge < -0.3 is 0 Å². The average Bonchev–Trinajstić information content (AvgIpc) is 2.53. The molecule has 5 nitrogen and oxygen atoms in total. The van der Waals surface area contributed by atoms with Gasteiger partial charge in [0.1, 0.15) is 0 Å². The molecule has 0 aliphatic heterocycles. The molecule has 23 heavy (non-hydrogen) atoms. The molecule has 1 aliphatic rings. The maximum absolute atomic E-state index is 12.5. The number of hydrazine groups is 1. The van der Waals surface area contributed by atoms with Crippen molar-refractivity contribution in [3.05, 3.63) is 29.8 Å². The maximum atomic E-state index is 12.5. The predicted octanol–water partition coefficient (Wildman–Crippen LogP) is 2.60. The highest BCUT2D eigenvalue weighted by Crippen LogP contribution is 2.29. The lowest BCUT2D eigenvalue weighted by Gasteiger charge is -2.20. The molecule has 1 saturated carbocycles. The van der Waals surface area contributed by atoms with Gasteiger partial charge in [0.05, 0.1) is 10.5 Å². The van der Waals surface area contributed by atoms with Gasteiger partial charge in [-0.15, -0.1) is 4.83 Å². The predicted molar refractivity (Wildman–Crippen MR) is 76.5 cm³/mol. The first kappa shape index (κ1) is 17.7. The van der Waals surface area contributed by atoms with Crippen molar-refractivity contribution in [3.8, 4) is 0 Å². The van der Waals surface area contributed by atoms with Crippen LogP contribution < -0.4 is 10.3 Å². The second-order valence-electron chi connectivity index (χ2n) is 5.45. The standard InChI is InChI=1S/C14H17F3N2O3S/c15-14(16,17)11-6-8-12(9-7-11)23(21,22)19-18-13(20)10-4-2-1-3-5-10/h6-10,19H,1-5H2,(H,18,20). The Labute approximate surface area is 132 Å². The van der Waals surface area contributed by atoms with Gasteiger partial charge in [-0.3, -0.25) is 10.2 Å². The number of amides is 1. The highest BCUT2D eigenvalue weighted by Gasteiger charge is 2.30. The van der Waals surface area contributed by atoms with Gasteiger partial charge in [0.2, 0.25) is 5.91 Å². The van der Waals surface area contributed by atoms with Crippen LogP contribution in [-0.4, -0.2) is 14.3 Å². The van der Waals surface area contributed by atoms with Crippen molar-refractivity contribution in [2.45, 2.75) is 43.2 Å². The number of sulfonamides is 1. The van der Waals surface area contributed by atoms with Gasteiger partial charge in [0.25, 0.3) is 10.0 Å². The summed E-state index contributed by atoms with van der Waals surface area (Å²) in [6.07, 6.45) is -0.235. The molecule has 9 heteroatoms. The highest BCUT2D eigenvalue weighted by molar-refractivity contribution is 7.89. The number of hydrogen-bond donors (Lipinski definition) is 2. The lowest BCUT2D eigenvalue weighted by Crippen LogP contribution is -2.44. The van der Waals surface area contributed by atoms with Crippen LogP contribution in [-0.2, 0) is 21.0 Å². The van der Waals surface area contributed by atoms with Gasteiger partial charge in [-0.25, -0.2) is 8.42 Å². The number of alkyl halides is 3. The zero-order valence-corrected chi connectivity index (χ0v) is 13.0. The molecular weight excluding hydrogens is 333 g/mol. The number of carbonyl (C=O) groups is 1. The van der Waals surface area contributed by atoms with E-state index in [4.69, 9.17) is 0 Å². The van der Waals surface area contributed by atoms with E-state index in [0.29, 0.717) is 25.0 Å². The summed E-state index contributed by atoms with van der Waals surface area (Å²) in [5, 5.41) is 0. The summed E-state index contributed by atoms with van der Waals surface area (Å²) in [4.78, 5) is 13.4. The topological polar surface area (TPSA) is 75.3 Å². The fraction of sp³-hybridized carbons (Fsp3) is 0.500. The number of nitrogens with one attached hydrogen (secondary N) is 2. The zero-order chi connectivity index (χ0) is 17.1. The van der Waals surface area contributed by atoms with Gasteiger partial charge in [-0.05, 0) is 37.1 Å². The maximum Gasteiger partial charge on any atom is 0.416 e. The Morgan fingerprint density at radius 3 is 2.13 bits per heavy atom. The molecule has 1 fully saturated rings. The quantitative estimate of drug-likeness (QED) is 0.820. The first-order valence-corrected chi connectivity index (χ1v) is 8.67. The summed E-state index contributed by atoms with van der Waals surface area (Å²) >= 11 is 0. The number of carbonyl (C=O) groups excluding carboxylic acids is 1. The fourth-order valence-corrected chi connectivity index (χ4v) is 3.31. The average molecular weight is 350 g/mol. The molecule has 1 amide bonds. The molecule has 0 radical (unpaired) electrons. The SMILES string of the molecule is O=C(NNS(=O)(=O)c1ccc(C(F)(F)F)cc1)C1CCCCC1. The van der Waals surface area contributed by atoms with Crippen LogP contribution in [0, 0.1) is 5.92 Å². The first-order valence-electron chi connectivity index (χ1n) is 7.19. The molecule has 0 bridgehead atoms. The van der Waals surface area contributed by atoms with E-state index in [9.17, 15) is 26.4 Å². The normalized spacial score (nSPS) is 17.0. The van der Waals surface area contributed by atoms with Crippen molar-refractivity contribution in [1.29, 1.82) is 0 Å². The Morgan fingerprint density at radius 1 is 1.04 bits per heavy atom. The molecule has 0 unspecified atom stereocenters. The summed E-state index contributed by atoms with van der Waals surface area (Å²) in [7, 11) is -4.11. The van der Waals surface area contributed by atoms with Crippen molar-refractivity contribution in [2.75, 3.05) is 0 Å². The molecule has 1 aromatic rings. The van der Waals surface area contributed by atoms with Crippen molar-refractivity contribution in [1.82, 2.24) is 10.3 Å². The lowest BCUT2D eigenvalue weighted by atomic mass is 9.89. The van der Waals surface area contributed by atoms with Gasteiger partial charge in [0, 0.05) is 5.92 Å². The largest absolute Gasteiger partial charge is 0.416 e. The van der Waals surface area contributed by atoms with E-state index in [2.05, 4.69) is 5.43 Å². The van der Waals surface area contributed by atoms with E-state index in [1.54, 1.807) is 0 Å². The molecule has 0 spiro atoms. The molecule has 2 N–H and O–H groups in total. The minimum absolute atomic E-state index is 0.237. The van der Waals surface area contributed by atoms with E-state index in [0.717, 1.165) is 31.4 Å². The van der Waals surface area contributed by atoms with Crippen molar-refractivity contribution >= 4 is 15.9 Å². The van der Waals surface area contributed by atoms with Crippen LogP contribution in [0.25, 0.3) is 0 Å². The van der Waals surface area contributed by atoms with E-state index in [1.807, 2.05) is 4.83 Å². The summed E-state index contributed by atoms with van der Waals surface area (Å²) in [5.41, 5.74) is 1.19. The van der Waals surface area contributed by atoms with Crippen LogP contribution in [0.4, 0.5) is 13.2 Å².